The van der Waals surface area contributed by atoms with Crippen molar-refractivity contribution in [2.75, 3.05) is 61.0 Å². The lowest BCUT2D eigenvalue weighted by molar-refractivity contribution is -0.117. The van der Waals surface area contributed by atoms with E-state index in [0.717, 1.165) is 41.6 Å². The zero-order valence-electron chi connectivity index (χ0n) is 23.1. The topological polar surface area (TPSA) is 114 Å². The highest BCUT2D eigenvalue weighted by molar-refractivity contribution is 7.92. The minimum atomic E-state index is -3.60. The minimum absolute atomic E-state index is 0.0847. The molecule has 1 saturated heterocycles. The van der Waals surface area contributed by atoms with Crippen LogP contribution in [-0.4, -0.2) is 66.7 Å². The van der Waals surface area contributed by atoms with Crippen molar-refractivity contribution in [3.63, 3.8) is 0 Å². The van der Waals surface area contributed by atoms with Crippen molar-refractivity contribution in [3.8, 4) is 16.9 Å². The van der Waals surface area contributed by atoms with E-state index in [9.17, 15) is 18.0 Å². The van der Waals surface area contributed by atoms with E-state index in [1.165, 1.54) is 0 Å². The normalized spacial score (nSPS) is 15.3. The van der Waals surface area contributed by atoms with Gasteiger partial charge in [-0.2, -0.15) is 0 Å². The van der Waals surface area contributed by atoms with Gasteiger partial charge in [-0.1, -0.05) is 24.3 Å². The summed E-state index contributed by atoms with van der Waals surface area (Å²) in [5.74, 6) is 0.275. The molecule has 10 nitrogen and oxygen atoms in total. The summed E-state index contributed by atoms with van der Waals surface area (Å²) < 4.78 is 42.4. The second kappa shape index (κ2) is 12.3. The highest BCUT2D eigenvalue weighted by atomic mass is 32.2. The van der Waals surface area contributed by atoms with Gasteiger partial charge in [0.25, 0.3) is 5.91 Å². The van der Waals surface area contributed by atoms with E-state index < -0.39 is 10.0 Å². The van der Waals surface area contributed by atoms with Gasteiger partial charge in [0.15, 0.2) is 6.79 Å². The van der Waals surface area contributed by atoms with Crippen LogP contribution >= 0.6 is 0 Å². The molecule has 2 aliphatic heterocycles. The van der Waals surface area contributed by atoms with E-state index in [2.05, 4.69) is 4.72 Å². The Balaban J connectivity index is 1.33. The molecule has 1 N–H and O–H groups in total. The van der Waals surface area contributed by atoms with Crippen LogP contribution in [-0.2, 0) is 30.7 Å². The summed E-state index contributed by atoms with van der Waals surface area (Å²) in [4.78, 5) is 29.0. The first kappa shape index (κ1) is 28.6. The summed E-state index contributed by atoms with van der Waals surface area (Å²) in [6.45, 7) is 1.84. The summed E-state index contributed by atoms with van der Waals surface area (Å²) in [7, 11) is -2.04. The fourth-order valence-electron chi connectivity index (χ4n) is 5.07. The van der Waals surface area contributed by atoms with Gasteiger partial charge in [-0.25, -0.2) is 8.42 Å². The maximum absolute atomic E-state index is 13.5. The fraction of sp³-hybridized carbons (Fsp3) is 0.333. The number of nitrogens with one attached hydrogen (secondary N) is 1. The Hall–Kier alpha value is -3.93. The standard InChI is InChI=1S/C30H33N3O7S/c1-38-16-17-39-20-40-28-12-10-25(19-27(28)31-41(2,36)37)33-15-13-23-18-22(7-11-26(23)30(33)35)21-5-8-24(9-6-21)32-14-3-4-29(32)34/h5-12,18-19,31H,3-4,13-17,20H2,1-2H3. The second-order valence-electron chi connectivity index (χ2n) is 9.99. The predicted octanol–water partition coefficient (Wildman–Crippen LogP) is 4.05. The van der Waals surface area contributed by atoms with Crippen LogP contribution in [0.2, 0.25) is 0 Å². The van der Waals surface area contributed by atoms with Crippen LogP contribution in [0.5, 0.6) is 5.75 Å². The Bertz CT molecular complexity index is 1540. The van der Waals surface area contributed by atoms with Crippen LogP contribution in [0.4, 0.5) is 17.1 Å². The number of rotatable bonds is 11. The van der Waals surface area contributed by atoms with Crippen LogP contribution in [0.1, 0.15) is 28.8 Å². The molecule has 216 valence electrons. The molecule has 0 unspecified atom stereocenters. The number of hydrogen-bond donors (Lipinski definition) is 1. The molecule has 11 heteroatoms. The molecule has 2 amide bonds. The summed E-state index contributed by atoms with van der Waals surface area (Å²) in [5, 5.41) is 0. The third-order valence-corrected chi connectivity index (χ3v) is 7.66. The van der Waals surface area contributed by atoms with Gasteiger partial charge in [-0.15, -0.1) is 0 Å². The molecule has 0 radical (unpaired) electrons. The first-order chi connectivity index (χ1) is 19.7. The zero-order valence-corrected chi connectivity index (χ0v) is 23.9. The maximum atomic E-state index is 13.5. The van der Waals surface area contributed by atoms with Crippen LogP contribution < -0.4 is 19.3 Å². The maximum Gasteiger partial charge on any atom is 0.258 e. The Morgan fingerprint density at radius 2 is 1.61 bits per heavy atom. The number of benzene rings is 3. The van der Waals surface area contributed by atoms with Gasteiger partial charge < -0.3 is 24.0 Å². The average molecular weight is 580 g/mol. The van der Waals surface area contributed by atoms with E-state index >= 15 is 0 Å². The van der Waals surface area contributed by atoms with E-state index in [1.807, 2.05) is 47.4 Å². The van der Waals surface area contributed by atoms with E-state index in [-0.39, 0.29) is 30.0 Å². The Morgan fingerprint density at radius 1 is 0.854 bits per heavy atom. The Labute approximate surface area is 239 Å². The third-order valence-electron chi connectivity index (χ3n) is 7.07. The van der Waals surface area contributed by atoms with Crippen LogP contribution in [0.3, 0.4) is 0 Å². The molecule has 3 aromatic rings. The van der Waals surface area contributed by atoms with Gasteiger partial charge in [0.05, 0.1) is 25.2 Å². The number of fused-ring (bicyclic) bond motifs is 1. The largest absolute Gasteiger partial charge is 0.465 e. The summed E-state index contributed by atoms with van der Waals surface area (Å²) in [6.07, 6.45) is 3.16. The highest BCUT2D eigenvalue weighted by Crippen LogP contribution is 2.34. The number of sulfonamides is 1. The number of hydrogen-bond acceptors (Lipinski definition) is 7. The number of carbonyl (C=O) groups excluding carboxylic acids is 2. The molecule has 0 spiro atoms. The van der Waals surface area contributed by atoms with Gasteiger partial charge in [0.1, 0.15) is 5.75 Å². The van der Waals surface area contributed by atoms with Crippen molar-refractivity contribution in [2.24, 2.45) is 0 Å². The molecule has 3 aromatic carbocycles. The number of ether oxygens (including phenoxy) is 3. The van der Waals surface area contributed by atoms with Crippen LogP contribution in [0.15, 0.2) is 60.7 Å². The molecule has 5 rings (SSSR count). The van der Waals surface area contributed by atoms with E-state index in [0.29, 0.717) is 43.9 Å². The number of anilines is 3. The molecular weight excluding hydrogens is 546 g/mol. The van der Waals surface area contributed by atoms with Crippen LogP contribution in [0.25, 0.3) is 11.1 Å². The summed E-state index contributed by atoms with van der Waals surface area (Å²) in [5.41, 5.74) is 5.23. The SMILES string of the molecule is COCCOCOc1ccc(N2CCc3cc(-c4ccc(N5CCCC5=O)cc4)ccc3C2=O)cc1NS(C)(=O)=O. The van der Waals surface area contributed by atoms with Crippen molar-refractivity contribution in [1.29, 1.82) is 0 Å². The third kappa shape index (κ3) is 6.70. The summed E-state index contributed by atoms with van der Waals surface area (Å²) in [6, 6.07) is 18.7. The fourth-order valence-corrected chi connectivity index (χ4v) is 5.63. The van der Waals surface area contributed by atoms with E-state index in [4.69, 9.17) is 14.2 Å². The van der Waals surface area contributed by atoms with Crippen molar-refractivity contribution < 1.29 is 32.2 Å². The zero-order chi connectivity index (χ0) is 29.0. The first-order valence-electron chi connectivity index (χ1n) is 13.4. The minimum Gasteiger partial charge on any atom is -0.465 e. The molecule has 0 atom stereocenters. The number of carbonyl (C=O) groups is 2. The molecule has 41 heavy (non-hydrogen) atoms. The average Bonchev–Trinajstić information content (AvgIpc) is 3.38. The lowest BCUT2D eigenvalue weighted by Crippen LogP contribution is -2.37. The Morgan fingerprint density at radius 3 is 2.32 bits per heavy atom. The van der Waals surface area contributed by atoms with Gasteiger partial charge >= 0.3 is 0 Å². The number of nitrogens with zero attached hydrogens (tertiary/aromatic N) is 2. The quantitative estimate of drug-likeness (QED) is 0.269. The van der Waals surface area contributed by atoms with Gasteiger partial charge in [0, 0.05) is 43.6 Å². The smallest absolute Gasteiger partial charge is 0.258 e. The van der Waals surface area contributed by atoms with Crippen molar-refractivity contribution in [3.05, 3.63) is 71.8 Å². The molecule has 0 saturated carbocycles. The lowest BCUT2D eigenvalue weighted by Gasteiger charge is -2.29. The molecule has 1 fully saturated rings. The first-order valence-corrected chi connectivity index (χ1v) is 15.3. The molecular formula is C30H33N3O7S. The van der Waals surface area contributed by atoms with Crippen molar-refractivity contribution in [2.45, 2.75) is 19.3 Å². The van der Waals surface area contributed by atoms with E-state index in [1.54, 1.807) is 30.2 Å². The number of amides is 2. The highest BCUT2D eigenvalue weighted by Gasteiger charge is 2.27. The van der Waals surface area contributed by atoms with Gasteiger partial charge in [0.2, 0.25) is 15.9 Å². The Kier molecular flexibility index (Phi) is 8.57. The van der Waals surface area contributed by atoms with Crippen molar-refractivity contribution >= 4 is 38.9 Å². The lowest BCUT2D eigenvalue weighted by atomic mass is 9.93. The molecule has 2 aliphatic rings. The molecule has 0 aliphatic carbocycles. The predicted molar refractivity (Wildman–Crippen MR) is 157 cm³/mol. The summed E-state index contributed by atoms with van der Waals surface area (Å²) >= 11 is 0. The molecule has 0 aromatic heterocycles. The second-order valence-corrected chi connectivity index (χ2v) is 11.7. The monoisotopic (exact) mass is 579 g/mol. The van der Waals surface area contributed by atoms with Gasteiger partial charge in [-0.05, 0) is 65.9 Å². The van der Waals surface area contributed by atoms with Crippen LogP contribution in [0, 0.1) is 0 Å². The number of methoxy groups -OCH3 is 1. The van der Waals surface area contributed by atoms with Crippen molar-refractivity contribution in [1.82, 2.24) is 0 Å². The molecule has 0 bridgehead atoms. The van der Waals surface area contributed by atoms with Gasteiger partial charge in [-0.3, -0.25) is 14.3 Å². The molecule has 2 heterocycles.